The van der Waals surface area contributed by atoms with E-state index in [1.807, 2.05) is 12.1 Å². The zero-order chi connectivity index (χ0) is 17.8. The van der Waals surface area contributed by atoms with Crippen LogP contribution in [0.25, 0.3) is 5.82 Å². The number of Topliss-reactive ketones (excluding diaryl/α,β-unsaturated/α-hetero) is 1. The third kappa shape index (κ3) is 3.69. The van der Waals surface area contributed by atoms with E-state index < -0.39 is 4.92 Å². The van der Waals surface area contributed by atoms with Gasteiger partial charge < -0.3 is 5.32 Å². The summed E-state index contributed by atoms with van der Waals surface area (Å²) < 4.78 is 1.77. The lowest BCUT2D eigenvalue weighted by Gasteiger charge is -2.09. The lowest BCUT2D eigenvalue weighted by molar-refractivity contribution is -0.384. The Hall–Kier alpha value is -3.55. The molecule has 2 aromatic heterocycles. The summed E-state index contributed by atoms with van der Waals surface area (Å²) in [5.74, 6) is 0.493. The van der Waals surface area contributed by atoms with Gasteiger partial charge in [-0.1, -0.05) is 0 Å². The summed E-state index contributed by atoms with van der Waals surface area (Å²) in [5, 5.41) is 14.3. The molecule has 0 spiro atoms. The van der Waals surface area contributed by atoms with Crippen LogP contribution in [0.15, 0.2) is 55.2 Å². The van der Waals surface area contributed by atoms with Crippen molar-refractivity contribution in [2.24, 2.45) is 0 Å². The van der Waals surface area contributed by atoms with Gasteiger partial charge in [0.2, 0.25) is 0 Å². The van der Waals surface area contributed by atoms with E-state index in [1.54, 1.807) is 41.6 Å². The van der Waals surface area contributed by atoms with Crippen molar-refractivity contribution in [2.75, 3.05) is 5.32 Å². The van der Waals surface area contributed by atoms with E-state index in [9.17, 15) is 14.9 Å². The fourth-order valence-corrected chi connectivity index (χ4v) is 2.35. The monoisotopic (exact) mass is 337 g/mol. The van der Waals surface area contributed by atoms with Crippen molar-refractivity contribution in [1.82, 2.24) is 14.5 Å². The quantitative estimate of drug-likeness (QED) is 0.421. The minimum absolute atomic E-state index is 0.128. The van der Waals surface area contributed by atoms with Gasteiger partial charge >= 0.3 is 0 Å². The number of benzene rings is 1. The molecule has 0 atom stereocenters. The van der Waals surface area contributed by atoms with Crippen LogP contribution in [0.5, 0.6) is 0 Å². The predicted octanol–water partition coefficient (Wildman–Crippen LogP) is 2.99. The number of aromatic nitrogens is 3. The highest BCUT2D eigenvalue weighted by atomic mass is 16.6. The van der Waals surface area contributed by atoms with E-state index in [2.05, 4.69) is 15.3 Å². The molecule has 1 aromatic carbocycles. The Morgan fingerprint density at radius 1 is 1.28 bits per heavy atom. The maximum atomic E-state index is 11.4. The summed E-state index contributed by atoms with van der Waals surface area (Å²) in [6.07, 6.45) is 6.75. The summed E-state index contributed by atoms with van der Waals surface area (Å²) in [4.78, 5) is 30.4. The second-order valence-electron chi connectivity index (χ2n) is 5.39. The van der Waals surface area contributed by atoms with E-state index in [1.165, 1.54) is 13.0 Å². The standard InChI is InChI=1S/C17H15N5O3/c1-12(23)14-2-3-15(16(9-14)22(24)25)20-10-13-4-5-19-17(8-13)21-7-6-18-11-21/h2-9,11,20H,10H2,1H3. The number of nitrogens with zero attached hydrogens (tertiary/aromatic N) is 4. The van der Waals surface area contributed by atoms with E-state index in [4.69, 9.17) is 0 Å². The van der Waals surface area contributed by atoms with Gasteiger partial charge in [0.05, 0.1) is 4.92 Å². The van der Waals surface area contributed by atoms with Crippen LogP contribution in [0.1, 0.15) is 22.8 Å². The third-order valence-electron chi connectivity index (χ3n) is 3.66. The summed E-state index contributed by atoms with van der Waals surface area (Å²) >= 11 is 0. The first-order valence-electron chi connectivity index (χ1n) is 7.51. The number of hydrogen-bond acceptors (Lipinski definition) is 6. The molecule has 0 saturated heterocycles. The molecule has 0 saturated carbocycles. The molecule has 3 rings (SSSR count). The smallest absolute Gasteiger partial charge is 0.293 e. The number of ketones is 1. The predicted molar refractivity (Wildman–Crippen MR) is 91.8 cm³/mol. The highest BCUT2D eigenvalue weighted by Crippen LogP contribution is 2.26. The van der Waals surface area contributed by atoms with Crippen LogP contribution in [0.4, 0.5) is 11.4 Å². The van der Waals surface area contributed by atoms with Gasteiger partial charge in [-0.25, -0.2) is 9.97 Å². The molecular formula is C17H15N5O3. The number of nitro groups is 1. The highest BCUT2D eigenvalue weighted by molar-refractivity contribution is 5.95. The molecule has 8 nitrogen and oxygen atoms in total. The normalized spacial score (nSPS) is 10.4. The maximum absolute atomic E-state index is 11.4. The molecule has 0 aliphatic heterocycles. The van der Waals surface area contributed by atoms with Crippen molar-refractivity contribution in [3.8, 4) is 5.82 Å². The summed E-state index contributed by atoms with van der Waals surface area (Å²) in [6.45, 7) is 1.76. The fourth-order valence-electron chi connectivity index (χ4n) is 2.35. The summed E-state index contributed by atoms with van der Waals surface area (Å²) in [7, 11) is 0. The molecule has 0 bridgehead atoms. The Morgan fingerprint density at radius 3 is 2.80 bits per heavy atom. The number of pyridine rings is 1. The minimum atomic E-state index is -0.502. The first-order valence-corrected chi connectivity index (χ1v) is 7.51. The van der Waals surface area contributed by atoms with Gasteiger partial charge in [0.1, 0.15) is 17.8 Å². The van der Waals surface area contributed by atoms with E-state index in [0.717, 1.165) is 5.56 Å². The number of imidazole rings is 1. The van der Waals surface area contributed by atoms with E-state index in [0.29, 0.717) is 23.6 Å². The Balaban J connectivity index is 1.81. The summed E-state index contributed by atoms with van der Waals surface area (Å²) in [6, 6.07) is 8.09. The number of carbonyl (C=O) groups is 1. The van der Waals surface area contributed by atoms with Crippen molar-refractivity contribution in [2.45, 2.75) is 13.5 Å². The molecule has 0 amide bonds. The van der Waals surface area contributed by atoms with Crippen LogP contribution in [0.2, 0.25) is 0 Å². The van der Waals surface area contributed by atoms with Crippen LogP contribution >= 0.6 is 0 Å². The van der Waals surface area contributed by atoms with Crippen molar-refractivity contribution >= 4 is 17.2 Å². The van der Waals surface area contributed by atoms with Crippen LogP contribution in [0, 0.1) is 10.1 Å². The molecule has 126 valence electrons. The number of nitro benzene ring substituents is 1. The summed E-state index contributed by atoms with van der Waals surface area (Å²) in [5.41, 5.74) is 1.44. The fraction of sp³-hybridized carbons (Fsp3) is 0.118. The second kappa shape index (κ2) is 6.91. The highest BCUT2D eigenvalue weighted by Gasteiger charge is 2.16. The van der Waals surface area contributed by atoms with Gasteiger partial charge in [0.15, 0.2) is 5.78 Å². The van der Waals surface area contributed by atoms with Crippen LogP contribution in [-0.2, 0) is 6.54 Å². The van der Waals surface area contributed by atoms with Crippen molar-refractivity contribution in [3.05, 3.63) is 76.5 Å². The van der Waals surface area contributed by atoms with Crippen molar-refractivity contribution < 1.29 is 9.72 Å². The third-order valence-corrected chi connectivity index (χ3v) is 3.66. The maximum Gasteiger partial charge on any atom is 0.293 e. The molecule has 3 aromatic rings. The van der Waals surface area contributed by atoms with Gasteiger partial charge in [-0.2, -0.15) is 0 Å². The molecular weight excluding hydrogens is 322 g/mol. The van der Waals surface area contributed by atoms with Crippen molar-refractivity contribution in [3.63, 3.8) is 0 Å². The van der Waals surface area contributed by atoms with E-state index >= 15 is 0 Å². The molecule has 1 N–H and O–H groups in total. The average Bonchev–Trinajstić information content (AvgIpc) is 3.14. The topological polar surface area (TPSA) is 103 Å². The van der Waals surface area contributed by atoms with Crippen LogP contribution < -0.4 is 5.32 Å². The van der Waals surface area contributed by atoms with Gasteiger partial charge in [0.25, 0.3) is 5.69 Å². The van der Waals surface area contributed by atoms with E-state index in [-0.39, 0.29) is 11.5 Å². The first kappa shape index (κ1) is 16.3. The molecule has 0 fully saturated rings. The number of hydrogen-bond donors (Lipinski definition) is 1. The molecule has 25 heavy (non-hydrogen) atoms. The number of rotatable bonds is 6. The molecule has 0 radical (unpaired) electrons. The Labute approximate surface area is 143 Å². The van der Waals surface area contributed by atoms with Crippen LogP contribution in [0.3, 0.4) is 0 Å². The van der Waals surface area contributed by atoms with Crippen molar-refractivity contribution in [1.29, 1.82) is 0 Å². The second-order valence-corrected chi connectivity index (χ2v) is 5.39. The molecule has 0 aliphatic carbocycles. The lowest BCUT2D eigenvalue weighted by Crippen LogP contribution is -2.05. The number of anilines is 1. The molecule has 0 unspecified atom stereocenters. The zero-order valence-electron chi connectivity index (χ0n) is 13.4. The largest absolute Gasteiger partial charge is 0.375 e. The molecule has 2 heterocycles. The van der Waals surface area contributed by atoms with Gasteiger partial charge in [-0.15, -0.1) is 0 Å². The SMILES string of the molecule is CC(=O)c1ccc(NCc2ccnc(-n3ccnc3)c2)c([N+](=O)[O-])c1. The Morgan fingerprint density at radius 2 is 2.12 bits per heavy atom. The Kier molecular flexibility index (Phi) is 4.51. The number of carbonyl (C=O) groups excluding carboxylic acids is 1. The van der Waals surface area contributed by atoms with Gasteiger partial charge in [0, 0.05) is 36.8 Å². The average molecular weight is 337 g/mol. The lowest BCUT2D eigenvalue weighted by atomic mass is 10.1. The Bertz CT molecular complexity index is 922. The molecule has 0 aliphatic rings. The van der Waals surface area contributed by atoms with Gasteiger partial charge in [-0.05, 0) is 36.8 Å². The molecule has 8 heteroatoms. The van der Waals surface area contributed by atoms with Crippen LogP contribution in [-0.4, -0.2) is 25.2 Å². The first-order chi connectivity index (χ1) is 12.0. The minimum Gasteiger partial charge on any atom is -0.375 e. The zero-order valence-corrected chi connectivity index (χ0v) is 13.4. The van der Waals surface area contributed by atoms with Gasteiger partial charge in [-0.3, -0.25) is 19.5 Å². The number of nitrogens with one attached hydrogen (secondary N) is 1.